The zero-order valence-electron chi connectivity index (χ0n) is 24.1. The van der Waals surface area contributed by atoms with Crippen LogP contribution in [0.25, 0.3) is 11.0 Å². The summed E-state index contributed by atoms with van der Waals surface area (Å²) >= 11 is 4.08. The Hall–Kier alpha value is -2.43. The molecule has 3 rings (SSSR count). The fraction of sp³-hybridized carbons (Fsp3) is 0.423. The molecule has 0 aliphatic heterocycles. The predicted octanol–water partition coefficient (Wildman–Crippen LogP) is 4.35. The number of hydrogen-bond acceptors (Lipinski definition) is 7. The number of sulfonamides is 1. The van der Waals surface area contributed by atoms with Crippen molar-refractivity contribution in [3.05, 3.63) is 60.1 Å². The van der Waals surface area contributed by atoms with Crippen molar-refractivity contribution < 1.29 is 33.6 Å². The van der Waals surface area contributed by atoms with Crippen molar-refractivity contribution in [2.75, 3.05) is 18.6 Å². The Morgan fingerprint density at radius 1 is 1.18 bits per heavy atom. The fourth-order valence-electron chi connectivity index (χ4n) is 3.05. The topological polar surface area (TPSA) is 137 Å². The Bertz CT molecular complexity index is 1320. The Kier molecular flexibility index (Phi) is 19.5. The monoisotopic (exact) mass is 751 g/mol. The van der Waals surface area contributed by atoms with Crippen molar-refractivity contribution in [3.63, 3.8) is 0 Å². The molecule has 1 amide bonds. The maximum Gasteiger partial charge on any atom is 0.276 e. The minimum Gasteiger partial charge on any atom is -0.796 e. The van der Waals surface area contributed by atoms with Crippen LogP contribution in [0.3, 0.4) is 0 Å². The largest absolute Gasteiger partial charge is 0.796 e. The summed E-state index contributed by atoms with van der Waals surface area (Å²) < 4.78 is 26.8. The van der Waals surface area contributed by atoms with Crippen molar-refractivity contribution in [1.29, 1.82) is 0 Å². The summed E-state index contributed by atoms with van der Waals surface area (Å²) in [5.41, 5.74) is 3.29. The van der Waals surface area contributed by atoms with Gasteiger partial charge < -0.3 is 22.5 Å². The molecule has 0 atom stereocenters. The molecule has 219 valence electrons. The number of nitrogens with zero attached hydrogens (tertiary/aromatic N) is 4. The molecular formula is C26H42N7O3ReS2-. The number of carbonyl (C=O) groups excluding carboxylic acids is 1. The molecule has 1 aromatic carbocycles. The van der Waals surface area contributed by atoms with E-state index in [-0.39, 0.29) is 31.2 Å². The first-order valence-electron chi connectivity index (χ1n) is 12.3. The number of aromatic nitrogens is 4. The van der Waals surface area contributed by atoms with Gasteiger partial charge in [0.25, 0.3) is 5.91 Å². The number of imidazole rings is 1. The van der Waals surface area contributed by atoms with E-state index in [2.05, 4.69) is 39.9 Å². The normalized spacial score (nSPS) is 10.2. The van der Waals surface area contributed by atoms with Gasteiger partial charge in [-0.05, 0) is 57.2 Å². The van der Waals surface area contributed by atoms with Gasteiger partial charge in [0.05, 0.1) is 21.6 Å². The zero-order chi connectivity index (χ0) is 29.5. The van der Waals surface area contributed by atoms with Gasteiger partial charge in [-0.3, -0.25) is 14.8 Å². The van der Waals surface area contributed by atoms with E-state index in [4.69, 9.17) is 5.14 Å². The number of nitrogens with two attached hydrogens (primary N) is 1. The van der Waals surface area contributed by atoms with Gasteiger partial charge in [-0.25, -0.2) is 18.5 Å². The summed E-state index contributed by atoms with van der Waals surface area (Å²) in [4.78, 5) is 17.2. The average molecular weight is 751 g/mol. The Morgan fingerprint density at radius 3 is 2.26 bits per heavy atom. The van der Waals surface area contributed by atoms with Crippen molar-refractivity contribution in [2.24, 2.45) is 5.14 Å². The van der Waals surface area contributed by atoms with Crippen LogP contribution in [-0.2, 0) is 56.2 Å². The number of hydrogen-bond donors (Lipinski definition) is 3. The molecule has 0 unspecified atom stereocenters. The molecule has 10 nitrogen and oxygen atoms in total. The molecule has 2 aromatic heterocycles. The van der Waals surface area contributed by atoms with E-state index >= 15 is 0 Å². The first-order chi connectivity index (χ1) is 18.0. The number of allylic oxidation sites excluding steroid dienone is 3. The van der Waals surface area contributed by atoms with Crippen molar-refractivity contribution in [1.82, 2.24) is 24.6 Å². The summed E-state index contributed by atoms with van der Waals surface area (Å²) in [5.74, 6) is -0.0195. The van der Waals surface area contributed by atoms with Gasteiger partial charge in [-0.2, -0.15) is 11.4 Å². The quantitative estimate of drug-likeness (QED) is 0.230. The second kappa shape index (κ2) is 19.6. The first kappa shape index (κ1) is 38.7. The van der Waals surface area contributed by atoms with Gasteiger partial charge in [0.15, 0.2) is 0 Å². The third-order valence-electron chi connectivity index (χ3n) is 4.82. The minimum absolute atomic E-state index is 0. The standard InChI is InChI=1S/C19H24N6O3S.C4H9N.C2H6.CH4S.Re/c1-4-6-7-10-24-16-9-8-14(29(20,27)28)12-15(16)21-19(24)22-18(26)17-11-13(3)23-25(17)5-2;1-4(2)5-3;2*1-2;/h6-9,11-12H,4-5,10H2,1-3H3,(H2,20,27,28)(H,21,22,26);5H,1H2,2-3H3;1-2H3;2H,1H3;/p-1/b7-6+;;;;. The SMILES string of the molecule is C=C(C)NC.CC.CC/C=C/Cn1c(NC(=O)c2cc(C)nn2CC)nc2cc(S(N)(=O)=O)ccc21.C[S-].[Re]. The Morgan fingerprint density at radius 2 is 1.77 bits per heavy atom. The maximum atomic E-state index is 12.8. The Balaban J connectivity index is 0. The molecule has 2 heterocycles. The van der Waals surface area contributed by atoms with E-state index in [1.165, 1.54) is 12.1 Å². The van der Waals surface area contributed by atoms with E-state index in [1.807, 2.05) is 65.3 Å². The van der Waals surface area contributed by atoms with E-state index in [0.717, 1.165) is 17.8 Å². The fourth-order valence-corrected chi connectivity index (χ4v) is 3.58. The number of carbonyl (C=O) groups is 1. The van der Waals surface area contributed by atoms with Crippen molar-refractivity contribution in [2.45, 2.75) is 65.9 Å². The molecule has 0 aliphatic rings. The summed E-state index contributed by atoms with van der Waals surface area (Å²) in [6, 6.07) is 6.18. The average Bonchev–Trinajstić information content (AvgIpc) is 3.45. The third-order valence-corrected chi connectivity index (χ3v) is 5.74. The molecule has 0 aliphatic carbocycles. The van der Waals surface area contributed by atoms with Crippen LogP contribution in [0.5, 0.6) is 0 Å². The van der Waals surface area contributed by atoms with Crippen LogP contribution < -0.4 is 15.8 Å². The van der Waals surface area contributed by atoms with Crippen molar-refractivity contribution >= 4 is 45.5 Å². The molecule has 13 heteroatoms. The predicted molar refractivity (Wildman–Crippen MR) is 160 cm³/mol. The third kappa shape index (κ3) is 12.1. The molecule has 0 saturated carbocycles. The van der Waals surface area contributed by atoms with E-state index < -0.39 is 10.0 Å². The number of nitrogens with one attached hydrogen (secondary N) is 2. The number of benzene rings is 1. The van der Waals surface area contributed by atoms with E-state index in [0.29, 0.717) is 35.8 Å². The zero-order valence-corrected chi connectivity index (χ0v) is 28.4. The summed E-state index contributed by atoms with van der Waals surface area (Å²) in [6.45, 7) is 16.3. The van der Waals surface area contributed by atoms with Crippen LogP contribution >= 0.6 is 0 Å². The van der Waals surface area contributed by atoms with E-state index in [1.54, 1.807) is 23.1 Å². The second-order valence-electron chi connectivity index (χ2n) is 7.59. The smallest absolute Gasteiger partial charge is 0.276 e. The first-order valence-corrected chi connectivity index (χ1v) is 14.7. The van der Waals surface area contributed by atoms with Gasteiger partial charge in [0, 0.05) is 40.6 Å². The molecule has 1 radical (unpaired) electrons. The molecule has 0 bridgehead atoms. The number of anilines is 1. The van der Waals surface area contributed by atoms with Gasteiger partial charge >= 0.3 is 0 Å². The van der Waals surface area contributed by atoms with Gasteiger partial charge in [-0.15, -0.1) is 0 Å². The van der Waals surface area contributed by atoms with Crippen molar-refractivity contribution in [3.8, 4) is 0 Å². The number of amides is 1. The summed E-state index contributed by atoms with van der Waals surface area (Å²) in [7, 11) is -2.00. The van der Waals surface area contributed by atoms with Crippen LogP contribution in [0.2, 0.25) is 0 Å². The van der Waals surface area contributed by atoms with Crippen LogP contribution in [0.15, 0.2) is 53.6 Å². The number of primary sulfonamides is 1. The number of rotatable bonds is 8. The van der Waals surface area contributed by atoms with E-state index in [9.17, 15) is 13.2 Å². The maximum absolute atomic E-state index is 12.8. The molecule has 0 spiro atoms. The number of fused-ring (bicyclic) bond motifs is 1. The van der Waals surface area contributed by atoms with Gasteiger partial charge in [0.1, 0.15) is 5.69 Å². The Labute approximate surface area is 252 Å². The van der Waals surface area contributed by atoms with Crippen LogP contribution in [0.1, 0.15) is 57.2 Å². The molecule has 4 N–H and O–H groups in total. The molecule has 0 fully saturated rings. The van der Waals surface area contributed by atoms with Crippen LogP contribution in [-0.4, -0.2) is 47.0 Å². The second-order valence-corrected chi connectivity index (χ2v) is 9.15. The summed E-state index contributed by atoms with van der Waals surface area (Å²) in [5, 5.41) is 15.2. The molecule has 0 saturated heterocycles. The van der Waals surface area contributed by atoms with Crippen LogP contribution in [0.4, 0.5) is 5.95 Å². The molecular weight excluding hydrogens is 709 g/mol. The van der Waals surface area contributed by atoms with Gasteiger partial charge in [0.2, 0.25) is 16.0 Å². The minimum atomic E-state index is -3.85. The van der Waals surface area contributed by atoms with Crippen LogP contribution in [0, 0.1) is 6.92 Å². The number of aryl methyl sites for hydroxylation is 2. The van der Waals surface area contributed by atoms with Gasteiger partial charge in [-0.1, -0.05) is 39.5 Å². The molecule has 3 aromatic rings. The molecule has 39 heavy (non-hydrogen) atoms. The summed E-state index contributed by atoms with van der Waals surface area (Å²) in [6.07, 6.45) is 6.43.